The number of ether oxygens (including phenoxy) is 1. The molecule has 2 rings (SSSR count). The average Bonchev–Trinajstić information content (AvgIpc) is 2.60. The van der Waals surface area contributed by atoms with Crippen molar-refractivity contribution >= 4 is 39.1 Å². The normalized spacial score (nSPS) is 11.0. The number of carbonyl (C=O) groups is 1. The first-order valence-corrected chi connectivity index (χ1v) is 11.1. The van der Waals surface area contributed by atoms with Crippen LogP contribution in [-0.2, 0) is 14.8 Å². The zero-order valence-corrected chi connectivity index (χ0v) is 16.6. The summed E-state index contributed by atoms with van der Waals surface area (Å²) in [5.74, 6) is 0.0933. The van der Waals surface area contributed by atoms with E-state index in [0.29, 0.717) is 23.7 Å². The molecule has 0 saturated carbocycles. The van der Waals surface area contributed by atoms with Crippen LogP contribution >= 0.6 is 11.8 Å². The quantitative estimate of drug-likeness (QED) is 0.696. The van der Waals surface area contributed by atoms with Gasteiger partial charge in [0.2, 0.25) is 15.9 Å². The summed E-state index contributed by atoms with van der Waals surface area (Å²) in [6.45, 7) is 1.99. The molecule has 0 aromatic heterocycles. The molecule has 2 aromatic rings. The second-order valence-corrected chi connectivity index (χ2v) is 8.23. The van der Waals surface area contributed by atoms with E-state index in [4.69, 9.17) is 4.74 Å². The zero-order chi connectivity index (χ0) is 19.2. The van der Waals surface area contributed by atoms with Gasteiger partial charge in [-0.15, -0.1) is 11.8 Å². The van der Waals surface area contributed by atoms with Crippen LogP contribution in [0, 0.1) is 0 Å². The number of para-hydroxylation sites is 2. The lowest BCUT2D eigenvalue weighted by Crippen LogP contribution is -2.37. The molecule has 0 aliphatic carbocycles. The second kappa shape index (κ2) is 8.95. The van der Waals surface area contributed by atoms with Gasteiger partial charge in [-0.25, -0.2) is 8.42 Å². The van der Waals surface area contributed by atoms with E-state index < -0.39 is 15.9 Å². The van der Waals surface area contributed by atoms with Gasteiger partial charge in [-0.2, -0.15) is 0 Å². The Balaban J connectivity index is 2.23. The highest BCUT2D eigenvalue weighted by Crippen LogP contribution is 2.26. The van der Waals surface area contributed by atoms with E-state index in [0.717, 1.165) is 15.5 Å². The summed E-state index contributed by atoms with van der Waals surface area (Å²) in [6.07, 6.45) is 2.99. The number of amides is 1. The molecule has 0 bridgehead atoms. The summed E-state index contributed by atoms with van der Waals surface area (Å²) < 4.78 is 31.0. The lowest BCUT2D eigenvalue weighted by molar-refractivity contribution is -0.114. The zero-order valence-electron chi connectivity index (χ0n) is 14.9. The Morgan fingerprint density at radius 1 is 1.19 bits per heavy atom. The van der Waals surface area contributed by atoms with Crippen molar-refractivity contribution in [3.8, 4) is 5.75 Å². The van der Waals surface area contributed by atoms with Gasteiger partial charge < -0.3 is 10.1 Å². The maximum atomic E-state index is 12.5. The number of anilines is 2. The number of nitrogens with one attached hydrogen (secondary N) is 1. The molecular formula is C18H22N2O4S2. The van der Waals surface area contributed by atoms with Crippen molar-refractivity contribution in [2.45, 2.75) is 11.8 Å². The van der Waals surface area contributed by atoms with Crippen molar-refractivity contribution in [3.05, 3.63) is 48.5 Å². The smallest absolute Gasteiger partial charge is 0.245 e. The fraction of sp³-hybridized carbons (Fsp3) is 0.278. The molecule has 0 spiro atoms. The van der Waals surface area contributed by atoms with E-state index in [-0.39, 0.29) is 6.54 Å². The van der Waals surface area contributed by atoms with Crippen LogP contribution in [0.1, 0.15) is 6.92 Å². The largest absolute Gasteiger partial charge is 0.492 e. The summed E-state index contributed by atoms with van der Waals surface area (Å²) in [4.78, 5) is 13.4. The average molecular weight is 395 g/mol. The molecule has 0 atom stereocenters. The molecule has 2 aromatic carbocycles. The molecule has 0 fully saturated rings. The summed E-state index contributed by atoms with van der Waals surface area (Å²) in [7, 11) is -3.62. The molecule has 0 aliphatic rings. The Morgan fingerprint density at radius 3 is 2.58 bits per heavy atom. The predicted octanol–water partition coefficient (Wildman–Crippen LogP) is 3.21. The number of rotatable bonds is 8. The van der Waals surface area contributed by atoms with Gasteiger partial charge >= 0.3 is 0 Å². The van der Waals surface area contributed by atoms with Crippen LogP contribution in [0.2, 0.25) is 0 Å². The van der Waals surface area contributed by atoms with Crippen molar-refractivity contribution in [2.24, 2.45) is 0 Å². The Morgan fingerprint density at radius 2 is 1.92 bits per heavy atom. The van der Waals surface area contributed by atoms with Crippen LogP contribution in [0.3, 0.4) is 0 Å². The number of hydrogen-bond donors (Lipinski definition) is 1. The molecular weight excluding hydrogens is 372 g/mol. The lowest BCUT2D eigenvalue weighted by Gasteiger charge is -2.22. The third kappa shape index (κ3) is 5.40. The highest BCUT2D eigenvalue weighted by Gasteiger charge is 2.21. The van der Waals surface area contributed by atoms with E-state index in [9.17, 15) is 13.2 Å². The molecule has 0 radical (unpaired) electrons. The fourth-order valence-corrected chi connectivity index (χ4v) is 3.64. The van der Waals surface area contributed by atoms with Gasteiger partial charge in [-0.1, -0.05) is 18.2 Å². The van der Waals surface area contributed by atoms with Crippen LogP contribution in [0.5, 0.6) is 5.75 Å². The van der Waals surface area contributed by atoms with Gasteiger partial charge in [0.25, 0.3) is 0 Å². The number of hydrogen-bond acceptors (Lipinski definition) is 5. The Labute approximate surface area is 158 Å². The third-order valence-electron chi connectivity index (χ3n) is 3.49. The van der Waals surface area contributed by atoms with E-state index in [1.54, 1.807) is 42.5 Å². The van der Waals surface area contributed by atoms with Crippen LogP contribution in [0.4, 0.5) is 11.4 Å². The number of sulfonamides is 1. The lowest BCUT2D eigenvalue weighted by atomic mass is 10.3. The van der Waals surface area contributed by atoms with Crippen molar-refractivity contribution in [2.75, 3.05) is 35.3 Å². The van der Waals surface area contributed by atoms with Crippen molar-refractivity contribution in [3.63, 3.8) is 0 Å². The monoisotopic (exact) mass is 394 g/mol. The summed E-state index contributed by atoms with van der Waals surface area (Å²) in [6, 6.07) is 14.1. The highest BCUT2D eigenvalue weighted by atomic mass is 32.2. The van der Waals surface area contributed by atoms with Gasteiger partial charge in [0.1, 0.15) is 12.3 Å². The van der Waals surface area contributed by atoms with Crippen molar-refractivity contribution in [1.29, 1.82) is 0 Å². The SMILES string of the molecule is CCOc1ccccc1NC(=O)CN(c1cccc(SC)c1)S(C)(=O)=O. The first-order valence-electron chi connectivity index (χ1n) is 7.98. The van der Waals surface area contributed by atoms with Crippen LogP contribution in [0.15, 0.2) is 53.4 Å². The Hall–Kier alpha value is -2.19. The van der Waals surface area contributed by atoms with Crippen LogP contribution < -0.4 is 14.4 Å². The molecule has 0 heterocycles. The summed E-state index contributed by atoms with van der Waals surface area (Å²) in [5, 5.41) is 2.72. The van der Waals surface area contributed by atoms with Crippen LogP contribution in [0.25, 0.3) is 0 Å². The maximum Gasteiger partial charge on any atom is 0.245 e. The number of thioether (sulfide) groups is 1. The van der Waals surface area contributed by atoms with E-state index in [2.05, 4.69) is 5.32 Å². The molecule has 0 saturated heterocycles. The predicted molar refractivity (Wildman–Crippen MR) is 107 cm³/mol. The minimum atomic E-state index is -3.62. The molecule has 26 heavy (non-hydrogen) atoms. The first-order chi connectivity index (χ1) is 12.3. The molecule has 6 nitrogen and oxygen atoms in total. The van der Waals surface area contributed by atoms with Gasteiger partial charge in [0.05, 0.1) is 24.2 Å². The number of nitrogens with zero attached hydrogens (tertiary/aromatic N) is 1. The maximum absolute atomic E-state index is 12.5. The van der Waals surface area contributed by atoms with Gasteiger partial charge in [0.15, 0.2) is 0 Å². The molecule has 1 N–H and O–H groups in total. The van der Waals surface area contributed by atoms with E-state index >= 15 is 0 Å². The van der Waals surface area contributed by atoms with Gasteiger partial charge in [0, 0.05) is 4.90 Å². The van der Waals surface area contributed by atoms with E-state index in [1.165, 1.54) is 11.8 Å². The van der Waals surface area contributed by atoms with Gasteiger partial charge in [-0.3, -0.25) is 9.10 Å². The summed E-state index contributed by atoms with van der Waals surface area (Å²) in [5.41, 5.74) is 0.957. The van der Waals surface area contributed by atoms with Crippen LogP contribution in [-0.4, -0.2) is 40.0 Å². The third-order valence-corrected chi connectivity index (χ3v) is 5.36. The molecule has 140 valence electrons. The Bertz CT molecular complexity index is 869. The minimum Gasteiger partial charge on any atom is -0.492 e. The number of carbonyl (C=O) groups excluding carboxylic acids is 1. The fourth-order valence-electron chi connectivity index (χ4n) is 2.34. The second-order valence-electron chi connectivity index (χ2n) is 5.45. The summed E-state index contributed by atoms with van der Waals surface area (Å²) >= 11 is 1.50. The Kier molecular flexibility index (Phi) is 6.93. The molecule has 0 aliphatic heterocycles. The van der Waals surface area contributed by atoms with Gasteiger partial charge in [-0.05, 0) is 43.5 Å². The topological polar surface area (TPSA) is 75.7 Å². The van der Waals surface area contributed by atoms with Crippen molar-refractivity contribution in [1.82, 2.24) is 0 Å². The molecule has 1 amide bonds. The van der Waals surface area contributed by atoms with Crippen molar-refractivity contribution < 1.29 is 17.9 Å². The highest BCUT2D eigenvalue weighted by molar-refractivity contribution is 7.98. The number of benzene rings is 2. The first kappa shape index (κ1) is 20.1. The standard InChI is InChI=1S/C18H22N2O4S2/c1-4-24-17-11-6-5-10-16(17)19-18(21)13-20(26(3,22)23)14-8-7-9-15(12-14)25-2/h5-12H,4,13H2,1-3H3,(H,19,21). The van der Waals surface area contributed by atoms with E-state index in [1.807, 2.05) is 19.2 Å². The molecule has 8 heteroatoms. The minimum absolute atomic E-state index is 0.322. The molecule has 0 unspecified atom stereocenters.